The van der Waals surface area contributed by atoms with Crippen LogP contribution in [-0.2, 0) is 0 Å². The monoisotopic (exact) mass is 434 g/mol. The molecule has 170 valence electrons. The lowest BCUT2D eigenvalue weighted by Crippen LogP contribution is -2.13. The lowest BCUT2D eigenvalue weighted by molar-refractivity contribution is 0.0970. The lowest BCUT2D eigenvalue weighted by Gasteiger charge is -2.09. The maximum absolute atomic E-state index is 13.1. The van der Waals surface area contributed by atoms with Gasteiger partial charge in [0.05, 0.1) is 0 Å². The molecule has 0 unspecified atom stereocenters. The van der Waals surface area contributed by atoms with E-state index >= 15 is 0 Å². The number of fused-ring (bicyclic) bond motifs is 3. The minimum Gasteiger partial charge on any atom is -0.309 e. The zero-order valence-corrected chi connectivity index (χ0v) is 19.7. The second-order valence-electron chi connectivity index (χ2n) is 9.22. The second-order valence-corrected chi connectivity index (χ2v) is 9.22. The summed E-state index contributed by atoms with van der Waals surface area (Å²) >= 11 is 0. The van der Waals surface area contributed by atoms with Crippen LogP contribution in [0.1, 0.15) is 75.2 Å². The highest BCUT2D eigenvalue weighted by Gasteiger charge is 2.28. The Morgan fingerprint density at radius 2 is 1.03 bits per heavy atom. The quantitative estimate of drug-likeness (QED) is 0.305. The van der Waals surface area contributed by atoms with Gasteiger partial charge in [0.25, 0.3) is 0 Å². The van der Waals surface area contributed by atoms with Gasteiger partial charge in [0.2, 0.25) is 0 Å². The molecule has 32 heavy (non-hydrogen) atoms. The molecule has 0 saturated heterocycles. The van der Waals surface area contributed by atoms with Gasteiger partial charge in [-0.25, -0.2) is 0 Å². The van der Waals surface area contributed by atoms with E-state index in [0.29, 0.717) is 35.1 Å². The summed E-state index contributed by atoms with van der Waals surface area (Å²) in [5, 5.41) is 0. The normalized spacial score (nSPS) is 12.4. The Labute approximate surface area is 191 Å². The Kier molecular flexibility index (Phi) is 8.10. The Bertz CT molecular complexity index is 928. The lowest BCUT2D eigenvalue weighted by atomic mass is 9.98. The molecule has 3 rings (SSSR count). The molecule has 2 aromatic carbocycles. The molecule has 0 aromatic heterocycles. The second kappa shape index (κ2) is 10.8. The van der Waals surface area contributed by atoms with Gasteiger partial charge in [-0.05, 0) is 90.2 Å². The molecule has 0 heterocycles. The van der Waals surface area contributed by atoms with Gasteiger partial charge in [-0.3, -0.25) is 14.4 Å². The predicted octanol–water partition coefficient (Wildman–Crippen LogP) is 4.73. The number of carbonyl (C=O) groups excluding carboxylic acids is 3. The van der Waals surface area contributed by atoms with Crippen molar-refractivity contribution in [3.8, 4) is 11.1 Å². The summed E-state index contributed by atoms with van der Waals surface area (Å²) in [6, 6.07) is 10.8. The summed E-state index contributed by atoms with van der Waals surface area (Å²) in [6.07, 6.45) is 4.59. The molecule has 5 heteroatoms. The van der Waals surface area contributed by atoms with Gasteiger partial charge in [0.15, 0.2) is 17.3 Å². The number of unbranched alkanes of at least 4 members (excludes halogenated alkanes) is 2. The first-order valence-electron chi connectivity index (χ1n) is 11.5. The summed E-state index contributed by atoms with van der Waals surface area (Å²) in [6.45, 7) is 1.92. The van der Waals surface area contributed by atoms with Crippen LogP contribution in [0.4, 0.5) is 0 Å². The van der Waals surface area contributed by atoms with E-state index < -0.39 is 0 Å². The molecule has 0 radical (unpaired) electrons. The summed E-state index contributed by atoms with van der Waals surface area (Å²) in [5.74, 6) is 0.0484. The average molecular weight is 435 g/mol. The van der Waals surface area contributed by atoms with Crippen LogP contribution in [0, 0.1) is 0 Å². The van der Waals surface area contributed by atoms with Gasteiger partial charge in [0.1, 0.15) is 0 Å². The molecule has 1 aliphatic carbocycles. The van der Waals surface area contributed by atoms with E-state index in [2.05, 4.69) is 9.80 Å². The van der Waals surface area contributed by atoms with Gasteiger partial charge in [-0.2, -0.15) is 0 Å². The van der Waals surface area contributed by atoms with Gasteiger partial charge in [-0.15, -0.1) is 0 Å². The molecule has 0 amide bonds. The number of nitrogens with zero attached hydrogens (tertiary/aromatic N) is 2. The van der Waals surface area contributed by atoms with E-state index in [-0.39, 0.29) is 17.3 Å². The maximum atomic E-state index is 13.1. The Morgan fingerprint density at radius 3 is 1.41 bits per heavy atom. The fraction of sp³-hybridized carbons (Fsp3) is 0.444. The summed E-state index contributed by atoms with van der Waals surface area (Å²) in [4.78, 5) is 42.5. The molecule has 1 aliphatic rings. The van der Waals surface area contributed by atoms with Crippen molar-refractivity contribution in [1.29, 1.82) is 0 Å². The van der Waals surface area contributed by atoms with E-state index in [1.807, 2.05) is 52.5 Å². The zero-order valence-electron chi connectivity index (χ0n) is 19.7. The highest BCUT2D eigenvalue weighted by Crippen LogP contribution is 2.38. The topological polar surface area (TPSA) is 57.7 Å². The van der Waals surface area contributed by atoms with Gasteiger partial charge < -0.3 is 9.80 Å². The van der Waals surface area contributed by atoms with Gasteiger partial charge in [-0.1, -0.05) is 24.3 Å². The molecular weight excluding hydrogens is 400 g/mol. The van der Waals surface area contributed by atoms with Crippen LogP contribution >= 0.6 is 0 Å². The van der Waals surface area contributed by atoms with Crippen LogP contribution in [0.2, 0.25) is 0 Å². The fourth-order valence-electron chi connectivity index (χ4n) is 4.14. The molecule has 0 spiro atoms. The van der Waals surface area contributed by atoms with Crippen LogP contribution < -0.4 is 0 Å². The first kappa shape index (κ1) is 24.0. The highest BCUT2D eigenvalue weighted by molar-refractivity contribution is 6.23. The Balaban J connectivity index is 1.68. The van der Waals surface area contributed by atoms with E-state index in [0.717, 1.165) is 49.9 Å². The zero-order chi connectivity index (χ0) is 23.3. The maximum Gasteiger partial charge on any atom is 0.194 e. The number of carbonyl (C=O) groups is 3. The van der Waals surface area contributed by atoms with Crippen LogP contribution in [0.15, 0.2) is 36.4 Å². The summed E-state index contributed by atoms with van der Waals surface area (Å²) < 4.78 is 0. The van der Waals surface area contributed by atoms with Crippen LogP contribution in [0.25, 0.3) is 11.1 Å². The fourth-order valence-corrected chi connectivity index (χ4v) is 4.14. The third-order valence-corrected chi connectivity index (χ3v) is 5.98. The predicted molar refractivity (Wildman–Crippen MR) is 129 cm³/mol. The largest absolute Gasteiger partial charge is 0.309 e. The molecule has 2 aromatic rings. The van der Waals surface area contributed by atoms with Crippen molar-refractivity contribution in [2.45, 2.75) is 38.5 Å². The van der Waals surface area contributed by atoms with Crippen molar-refractivity contribution in [2.75, 3.05) is 41.3 Å². The number of hydrogen-bond acceptors (Lipinski definition) is 5. The number of Topliss-reactive ketones (excluding diaryl/α,β-unsaturated/α-hetero) is 2. The minimum absolute atomic E-state index is 0.0731. The number of rotatable bonds is 12. The molecule has 5 nitrogen and oxygen atoms in total. The minimum atomic E-state index is -0.0977. The highest BCUT2D eigenvalue weighted by atomic mass is 16.1. The smallest absolute Gasteiger partial charge is 0.194 e. The molecule has 0 fully saturated rings. The number of hydrogen-bond donors (Lipinski definition) is 0. The van der Waals surface area contributed by atoms with E-state index in [9.17, 15) is 14.4 Å². The average Bonchev–Trinajstić information content (AvgIpc) is 3.04. The van der Waals surface area contributed by atoms with E-state index in [1.54, 1.807) is 12.1 Å². The van der Waals surface area contributed by atoms with Crippen LogP contribution in [-0.4, -0.2) is 68.4 Å². The molecular formula is C27H34N2O3. The Morgan fingerprint density at radius 1 is 0.625 bits per heavy atom. The molecule has 0 aliphatic heterocycles. The van der Waals surface area contributed by atoms with Gasteiger partial charge in [0, 0.05) is 35.1 Å². The van der Waals surface area contributed by atoms with Crippen molar-refractivity contribution in [3.05, 3.63) is 58.7 Å². The third-order valence-electron chi connectivity index (χ3n) is 5.98. The standard InChI is InChI=1S/C27H34N2O3/c1-28(2)15-7-5-9-25(30)19-11-13-21-22-14-12-20(18-24(22)27(32)23(21)17-19)26(31)10-6-8-16-29(3)4/h11-14,17-18H,5-10,15-16H2,1-4H3. The molecule has 0 N–H and O–H groups in total. The van der Waals surface area contributed by atoms with Crippen molar-refractivity contribution in [3.63, 3.8) is 0 Å². The van der Waals surface area contributed by atoms with Gasteiger partial charge >= 0.3 is 0 Å². The summed E-state index contributed by atoms with van der Waals surface area (Å²) in [5.41, 5.74) is 4.00. The van der Waals surface area contributed by atoms with Crippen molar-refractivity contribution >= 4 is 17.3 Å². The first-order valence-corrected chi connectivity index (χ1v) is 11.5. The van der Waals surface area contributed by atoms with E-state index in [1.165, 1.54) is 0 Å². The number of ketones is 3. The molecule has 0 atom stereocenters. The Hall–Kier alpha value is -2.63. The van der Waals surface area contributed by atoms with Crippen molar-refractivity contribution < 1.29 is 14.4 Å². The molecule has 0 bridgehead atoms. The number of benzene rings is 2. The van der Waals surface area contributed by atoms with Crippen molar-refractivity contribution in [2.24, 2.45) is 0 Å². The van der Waals surface area contributed by atoms with Crippen molar-refractivity contribution in [1.82, 2.24) is 9.80 Å². The first-order chi connectivity index (χ1) is 15.3. The SMILES string of the molecule is CN(C)CCCCC(=O)c1ccc2c(c1)C(=O)c1cc(C(=O)CCCCN(C)C)ccc1-2. The van der Waals surface area contributed by atoms with Crippen LogP contribution in [0.5, 0.6) is 0 Å². The third kappa shape index (κ3) is 5.78. The van der Waals surface area contributed by atoms with E-state index in [4.69, 9.17) is 0 Å². The summed E-state index contributed by atoms with van der Waals surface area (Å²) in [7, 11) is 8.09. The van der Waals surface area contributed by atoms with Crippen LogP contribution in [0.3, 0.4) is 0 Å². The molecule has 0 saturated carbocycles.